The van der Waals surface area contributed by atoms with Crippen molar-refractivity contribution in [1.29, 1.82) is 0 Å². The van der Waals surface area contributed by atoms with Crippen molar-refractivity contribution in [3.8, 4) is 5.75 Å². The largest absolute Gasteiger partial charge is 0.497 e. The van der Waals surface area contributed by atoms with E-state index in [1.165, 1.54) is 6.08 Å². The third kappa shape index (κ3) is 2.66. The maximum atomic E-state index is 12.4. The lowest BCUT2D eigenvalue weighted by molar-refractivity contribution is 0.102. The fourth-order valence-corrected chi connectivity index (χ4v) is 2.40. The molecular weight excluding hydrogens is 276 g/mol. The first-order valence-corrected chi connectivity index (χ1v) is 7.03. The van der Waals surface area contributed by atoms with Crippen molar-refractivity contribution in [2.24, 2.45) is 0 Å². The highest BCUT2D eigenvalue weighted by molar-refractivity contribution is 6.08. The number of para-hydroxylation sites is 1. The molecule has 0 saturated heterocycles. The number of carbonyl (C=O) groups excluding carboxylic acids is 1. The predicted molar refractivity (Wildman–Crippen MR) is 87.3 cm³/mol. The summed E-state index contributed by atoms with van der Waals surface area (Å²) in [5.74, 6) is 1.01. The van der Waals surface area contributed by atoms with Crippen LogP contribution in [0, 0.1) is 6.92 Å². The maximum Gasteiger partial charge on any atom is 0.221 e. The van der Waals surface area contributed by atoms with Crippen LogP contribution in [0.1, 0.15) is 21.7 Å². The Hall–Kier alpha value is -2.81. The minimum atomic E-state index is -0.142. The zero-order valence-corrected chi connectivity index (χ0v) is 12.5. The van der Waals surface area contributed by atoms with Crippen LogP contribution in [0.2, 0.25) is 0 Å². The molecule has 1 aromatic heterocycles. The molecule has 3 aromatic rings. The van der Waals surface area contributed by atoms with Gasteiger partial charge in [-0.1, -0.05) is 36.4 Å². The monoisotopic (exact) mass is 292 g/mol. The first-order chi connectivity index (χ1) is 10.7. The van der Waals surface area contributed by atoms with Crippen LogP contribution in [0.25, 0.3) is 17.0 Å². The molecule has 3 rings (SSSR count). The Morgan fingerprint density at radius 2 is 1.95 bits per heavy atom. The molecule has 0 spiro atoms. The van der Waals surface area contributed by atoms with Crippen LogP contribution in [0.15, 0.2) is 59.0 Å². The highest BCUT2D eigenvalue weighted by Gasteiger charge is 2.14. The molecule has 3 nitrogen and oxygen atoms in total. The lowest BCUT2D eigenvalue weighted by Gasteiger charge is -1.99. The standard InChI is InChI=1S/C19H16O3/c1-13-16-8-3-4-9-18(16)22-19(13)17(20)11-10-14-6-5-7-15(12-14)21-2/h3-12H,1-2H3/b11-10+. The van der Waals surface area contributed by atoms with Crippen molar-refractivity contribution >= 4 is 22.8 Å². The number of ketones is 1. The van der Waals surface area contributed by atoms with Gasteiger partial charge in [-0.2, -0.15) is 0 Å². The van der Waals surface area contributed by atoms with Gasteiger partial charge in [0.1, 0.15) is 11.3 Å². The number of hydrogen-bond acceptors (Lipinski definition) is 3. The third-order valence-electron chi connectivity index (χ3n) is 3.59. The summed E-state index contributed by atoms with van der Waals surface area (Å²) in [6.45, 7) is 1.90. The summed E-state index contributed by atoms with van der Waals surface area (Å²) in [5, 5.41) is 0.973. The fourth-order valence-electron chi connectivity index (χ4n) is 2.40. The number of benzene rings is 2. The molecule has 22 heavy (non-hydrogen) atoms. The Labute approximate surface area is 128 Å². The van der Waals surface area contributed by atoms with Crippen LogP contribution in [-0.4, -0.2) is 12.9 Å². The van der Waals surface area contributed by atoms with Gasteiger partial charge in [-0.3, -0.25) is 4.79 Å². The molecule has 2 aromatic carbocycles. The molecule has 110 valence electrons. The molecule has 0 bridgehead atoms. The Morgan fingerprint density at radius 1 is 1.14 bits per heavy atom. The molecule has 0 aliphatic carbocycles. The summed E-state index contributed by atoms with van der Waals surface area (Å²) in [5.41, 5.74) is 2.51. The van der Waals surface area contributed by atoms with E-state index >= 15 is 0 Å². The van der Waals surface area contributed by atoms with Gasteiger partial charge in [0.15, 0.2) is 5.76 Å². The van der Waals surface area contributed by atoms with Gasteiger partial charge in [-0.25, -0.2) is 0 Å². The molecule has 0 aliphatic heterocycles. The van der Waals surface area contributed by atoms with Crippen molar-refractivity contribution < 1.29 is 13.9 Å². The highest BCUT2D eigenvalue weighted by atomic mass is 16.5. The first-order valence-electron chi connectivity index (χ1n) is 7.03. The van der Waals surface area contributed by atoms with Crippen LogP contribution in [0.4, 0.5) is 0 Å². The molecule has 3 heteroatoms. The lowest BCUT2D eigenvalue weighted by atomic mass is 10.1. The minimum Gasteiger partial charge on any atom is -0.497 e. The van der Waals surface area contributed by atoms with Gasteiger partial charge in [0, 0.05) is 10.9 Å². The number of ether oxygens (including phenoxy) is 1. The quantitative estimate of drug-likeness (QED) is 0.519. The molecule has 0 aliphatic rings. The molecule has 0 saturated carbocycles. The van der Waals surface area contributed by atoms with Gasteiger partial charge < -0.3 is 9.15 Å². The van der Waals surface area contributed by atoms with Crippen molar-refractivity contribution in [3.05, 3.63) is 71.5 Å². The summed E-state index contributed by atoms with van der Waals surface area (Å²) in [6, 6.07) is 15.2. The molecule has 0 unspecified atom stereocenters. The summed E-state index contributed by atoms with van der Waals surface area (Å²) in [6.07, 6.45) is 3.29. The van der Waals surface area contributed by atoms with Gasteiger partial charge in [0.25, 0.3) is 0 Å². The number of rotatable bonds is 4. The second kappa shape index (κ2) is 5.90. The lowest BCUT2D eigenvalue weighted by Crippen LogP contribution is -1.94. The van der Waals surface area contributed by atoms with Crippen LogP contribution in [-0.2, 0) is 0 Å². The molecule has 1 heterocycles. The van der Waals surface area contributed by atoms with E-state index in [4.69, 9.17) is 9.15 Å². The zero-order valence-electron chi connectivity index (χ0n) is 12.5. The maximum absolute atomic E-state index is 12.4. The number of hydrogen-bond donors (Lipinski definition) is 0. The van der Waals surface area contributed by atoms with E-state index in [0.717, 1.165) is 27.8 Å². The zero-order chi connectivity index (χ0) is 15.5. The van der Waals surface area contributed by atoms with Gasteiger partial charge >= 0.3 is 0 Å². The van der Waals surface area contributed by atoms with Crippen molar-refractivity contribution in [2.75, 3.05) is 7.11 Å². The minimum absolute atomic E-state index is 0.142. The summed E-state index contributed by atoms with van der Waals surface area (Å²) >= 11 is 0. The Kier molecular flexibility index (Phi) is 3.79. The molecule has 0 atom stereocenters. The average molecular weight is 292 g/mol. The average Bonchev–Trinajstić information content (AvgIpc) is 2.90. The Balaban J connectivity index is 1.89. The predicted octanol–water partition coefficient (Wildman–Crippen LogP) is 4.65. The summed E-state index contributed by atoms with van der Waals surface area (Å²) in [7, 11) is 1.62. The van der Waals surface area contributed by atoms with E-state index in [1.54, 1.807) is 13.2 Å². The molecule has 0 radical (unpaired) electrons. The van der Waals surface area contributed by atoms with E-state index in [-0.39, 0.29) is 5.78 Å². The molecule has 0 fully saturated rings. The van der Waals surface area contributed by atoms with Gasteiger partial charge in [-0.15, -0.1) is 0 Å². The van der Waals surface area contributed by atoms with E-state index in [0.29, 0.717) is 5.76 Å². The number of aryl methyl sites for hydroxylation is 1. The second-order valence-corrected chi connectivity index (χ2v) is 5.03. The Bertz CT molecular complexity index is 856. The van der Waals surface area contributed by atoms with E-state index in [1.807, 2.05) is 55.5 Å². The van der Waals surface area contributed by atoms with Crippen LogP contribution in [0.5, 0.6) is 5.75 Å². The summed E-state index contributed by atoms with van der Waals surface area (Å²) < 4.78 is 10.8. The van der Waals surface area contributed by atoms with Crippen LogP contribution < -0.4 is 4.74 Å². The smallest absolute Gasteiger partial charge is 0.221 e. The SMILES string of the molecule is COc1cccc(/C=C/C(=O)c2oc3ccccc3c2C)c1. The van der Waals surface area contributed by atoms with E-state index < -0.39 is 0 Å². The Morgan fingerprint density at radius 3 is 2.73 bits per heavy atom. The highest BCUT2D eigenvalue weighted by Crippen LogP contribution is 2.25. The molecule has 0 amide bonds. The van der Waals surface area contributed by atoms with Crippen molar-refractivity contribution in [2.45, 2.75) is 6.92 Å². The normalized spacial score (nSPS) is 11.2. The fraction of sp³-hybridized carbons (Fsp3) is 0.105. The second-order valence-electron chi connectivity index (χ2n) is 5.03. The topological polar surface area (TPSA) is 39.4 Å². The number of carbonyl (C=O) groups is 1. The number of fused-ring (bicyclic) bond motifs is 1. The third-order valence-corrected chi connectivity index (χ3v) is 3.59. The van der Waals surface area contributed by atoms with Gasteiger partial charge in [0.05, 0.1) is 7.11 Å². The van der Waals surface area contributed by atoms with E-state index in [9.17, 15) is 4.79 Å². The first kappa shape index (κ1) is 14.1. The molecular formula is C19H16O3. The van der Waals surface area contributed by atoms with E-state index in [2.05, 4.69) is 0 Å². The van der Waals surface area contributed by atoms with Crippen molar-refractivity contribution in [3.63, 3.8) is 0 Å². The van der Waals surface area contributed by atoms with Crippen molar-refractivity contribution in [1.82, 2.24) is 0 Å². The number of furan rings is 1. The summed E-state index contributed by atoms with van der Waals surface area (Å²) in [4.78, 5) is 12.4. The number of allylic oxidation sites excluding steroid dienone is 1. The van der Waals surface area contributed by atoms with Gasteiger partial charge in [0.2, 0.25) is 5.78 Å². The van der Waals surface area contributed by atoms with Crippen LogP contribution >= 0.6 is 0 Å². The van der Waals surface area contributed by atoms with Crippen LogP contribution in [0.3, 0.4) is 0 Å². The number of methoxy groups -OCH3 is 1. The molecule has 0 N–H and O–H groups in total. The van der Waals surface area contributed by atoms with Gasteiger partial charge in [-0.05, 0) is 36.8 Å².